The predicted octanol–water partition coefficient (Wildman–Crippen LogP) is 4.46. The lowest BCUT2D eigenvalue weighted by molar-refractivity contribution is -0.155. The van der Waals surface area contributed by atoms with E-state index in [1.54, 1.807) is 12.1 Å². The number of ether oxygens (including phenoxy) is 1. The SMILES string of the molecule is CCCOc1ccc(C)cc1-c1cc(C(F)(F)F)on1. The molecule has 6 heteroatoms. The number of hydrogen-bond donors (Lipinski definition) is 0. The second-order valence-electron chi connectivity index (χ2n) is 4.42. The summed E-state index contributed by atoms with van der Waals surface area (Å²) in [5.74, 6) is -0.616. The highest BCUT2D eigenvalue weighted by molar-refractivity contribution is 5.68. The molecular formula is C14H14F3NO2. The summed E-state index contributed by atoms with van der Waals surface area (Å²) in [6.07, 6.45) is -3.74. The Bertz CT molecular complexity index is 590. The lowest BCUT2D eigenvalue weighted by Gasteiger charge is -2.09. The van der Waals surface area contributed by atoms with Crippen molar-refractivity contribution in [1.82, 2.24) is 5.16 Å². The first kappa shape index (κ1) is 14.4. The molecule has 0 amide bonds. The summed E-state index contributed by atoms with van der Waals surface area (Å²) < 4.78 is 47.5. The molecule has 1 aromatic heterocycles. The standard InChI is InChI=1S/C14H14F3NO2/c1-3-6-19-12-5-4-9(2)7-10(12)11-8-13(20-18-11)14(15,16)17/h4-5,7-8H,3,6H2,1-2H3. The second kappa shape index (κ2) is 5.56. The Labute approximate surface area is 114 Å². The molecule has 0 saturated heterocycles. The Hall–Kier alpha value is -1.98. The highest BCUT2D eigenvalue weighted by atomic mass is 19.4. The lowest BCUT2D eigenvalue weighted by atomic mass is 10.1. The second-order valence-corrected chi connectivity index (χ2v) is 4.42. The summed E-state index contributed by atoms with van der Waals surface area (Å²) in [6.45, 7) is 4.28. The molecule has 20 heavy (non-hydrogen) atoms. The van der Waals surface area contributed by atoms with Gasteiger partial charge >= 0.3 is 6.18 Å². The molecule has 0 saturated carbocycles. The summed E-state index contributed by atoms with van der Waals surface area (Å²) in [4.78, 5) is 0. The minimum atomic E-state index is -4.54. The van der Waals surface area contributed by atoms with Gasteiger partial charge in [0.1, 0.15) is 11.4 Å². The van der Waals surface area contributed by atoms with Crippen LogP contribution in [-0.2, 0) is 6.18 Å². The molecule has 1 aromatic carbocycles. The Morgan fingerprint density at radius 1 is 1.25 bits per heavy atom. The summed E-state index contributed by atoms with van der Waals surface area (Å²) in [5, 5.41) is 3.49. The van der Waals surface area contributed by atoms with Crippen LogP contribution in [0.4, 0.5) is 13.2 Å². The fraction of sp³-hybridized carbons (Fsp3) is 0.357. The first-order valence-electron chi connectivity index (χ1n) is 6.19. The van der Waals surface area contributed by atoms with E-state index >= 15 is 0 Å². The van der Waals surface area contributed by atoms with Gasteiger partial charge in [-0.2, -0.15) is 13.2 Å². The van der Waals surface area contributed by atoms with Gasteiger partial charge in [0.15, 0.2) is 0 Å². The number of aryl methyl sites for hydroxylation is 1. The van der Waals surface area contributed by atoms with Gasteiger partial charge in [0.25, 0.3) is 0 Å². The summed E-state index contributed by atoms with van der Waals surface area (Å²) in [7, 11) is 0. The van der Waals surface area contributed by atoms with Crippen molar-refractivity contribution >= 4 is 0 Å². The fourth-order valence-corrected chi connectivity index (χ4v) is 1.72. The van der Waals surface area contributed by atoms with Gasteiger partial charge in [-0.3, -0.25) is 0 Å². The molecule has 1 heterocycles. The fourth-order valence-electron chi connectivity index (χ4n) is 1.72. The van der Waals surface area contributed by atoms with Gasteiger partial charge in [-0.25, -0.2) is 0 Å². The highest BCUT2D eigenvalue weighted by Gasteiger charge is 2.36. The molecule has 0 spiro atoms. The van der Waals surface area contributed by atoms with Gasteiger partial charge in [0.2, 0.25) is 5.76 Å². The number of nitrogens with zero attached hydrogens (tertiary/aromatic N) is 1. The van der Waals surface area contributed by atoms with Crippen LogP contribution in [-0.4, -0.2) is 11.8 Å². The van der Waals surface area contributed by atoms with Gasteiger partial charge < -0.3 is 9.26 Å². The number of benzene rings is 1. The van der Waals surface area contributed by atoms with Crippen molar-refractivity contribution in [3.05, 3.63) is 35.6 Å². The zero-order valence-electron chi connectivity index (χ0n) is 11.1. The number of hydrogen-bond acceptors (Lipinski definition) is 3. The molecule has 0 fully saturated rings. The van der Waals surface area contributed by atoms with Crippen molar-refractivity contribution in [1.29, 1.82) is 0 Å². The van der Waals surface area contributed by atoms with E-state index < -0.39 is 11.9 Å². The predicted molar refractivity (Wildman–Crippen MR) is 67.5 cm³/mol. The van der Waals surface area contributed by atoms with E-state index in [4.69, 9.17) is 4.74 Å². The van der Waals surface area contributed by atoms with Crippen LogP contribution in [0.5, 0.6) is 5.75 Å². The molecule has 3 nitrogen and oxygen atoms in total. The van der Waals surface area contributed by atoms with Gasteiger partial charge in [0.05, 0.1) is 6.61 Å². The first-order chi connectivity index (χ1) is 9.41. The molecule has 0 N–H and O–H groups in total. The zero-order valence-corrected chi connectivity index (χ0v) is 11.1. The van der Waals surface area contributed by atoms with Crippen LogP contribution in [0.15, 0.2) is 28.8 Å². The van der Waals surface area contributed by atoms with Crippen molar-refractivity contribution in [3.8, 4) is 17.0 Å². The molecule has 0 aliphatic heterocycles. The van der Waals surface area contributed by atoms with E-state index in [9.17, 15) is 13.2 Å². The number of halogens is 3. The van der Waals surface area contributed by atoms with E-state index in [0.717, 1.165) is 18.1 Å². The van der Waals surface area contributed by atoms with Crippen molar-refractivity contribution in [2.45, 2.75) is 26.4 Å². The molecule has 0 unspecified atom stereocenters. The normalized spacial score (nSPS) is 11.7. The first-order valence-corrected chi connectivity index (χ1v) is 6.19. The smallest absolute Gasteiger partial charge is 0.452 e. The zero-order chi connectivity index (χ0) is 14.8. The minimum Gasteiger partial charge on any atom is -0.493 e. The van der Waals surface area contributed by atoms with Gasteiger partial charge in [-0.05, 0) is 25.5 Å². The van der Waals surface area contributed by atoms with E-state index in [1.165, 1.54) is 0 Å². The number of aromatic nitrogens is 1. The van der Waals surface area contributed by atoms with E-state index in [0.29, 0.717) is 17.9 Å². The molecule has 0 bridgehead atoms. The largest absolute Gasteiger partial charge is 0.493 e. The summed E-state index contributed by atoms with van der Waals surface area (Å²) in [6, 6.07) is 6.16. The van der Waals surface area contributed by atoms with Crippen molar-refractivity contribution in [2.75, 3.05) is 6.61 Å². The lowest BCUT2D eigenvalue weighted by Crippen LogP contribution is -2.02. The van der Waals surface area contributed by atoms with Gasteiger partial charge in [-0.15, -0.1) is 0 Å². The Kier molecular flexibility index (Phi) is 4.01. The maximum absolute atomic E-state index is 12.5. The average Bonchev–Trinajstić information content (AvgIpc) is 2.86. The third-order valence-corrected chi connectivity index (χ3v) is 2.66. The monoisotopic (exact) mass is 285 g/mol. The van der Waals surface area contributed by atoms with Crippen molar-refractivity contribution in [3.63, 3.8) is 0 Å². The molecular weight excluding hydrogens is 271 g/mol. The van der Waals surface area contributed by atoms with Crippen LogP contribution in [0.2, 0.25) is 0 Å². The summed E-state index contributed by atoms with van der Waals surface area (Å²) >= 11 is 0. The maximum Gasteiger partial charge on any atom is 0.452 e. The average molecular weight is 285 g/mol. The topological polar surface area (TPSA) is 35.3 Å². The Morgan fingerprint density at radius 3 is 2.60 bits per heavy atom. The molecule has 0 atom stereocenters. The van der Waals surface area contributed by atoms with Crippen LogP contribution in [0.25, 0.3) is 11.3 Å². The molecule has 2 rings (SSSR count). The van der Waals surface area contributed by atoms with Gasteiger partial charge in [-0.1, -0.05) is 23.7 Å². The van der Waals surface area contributed by atoms with Crippen molar-refractivity contribution < 1.29 is 22.4 Å². The number of alkyl halides is 3. The summed E-state index contributed by atoms with van der Waals surface area (Å²) in [5.41, 5.74) is 1.52. The van der Waals surface area contributed by atoms with Crippen molar-refractivity contribution in [2.24, 2.45) is 0 Å². The molecule has 0 radical (unpaired) electrons. The Balaban J connectivity index is 2.40. The number of rotatable bonds is 4. The van der Waals surface area contributed by atoms with Crippen LogP contribution >= 0.6 is 0 Å². The Morgan fingerprint density at radius 2 is 2.00 bits per heavy atom. The van der Waals surface area contributed by atoms with E-state index in [2.05, 4.69) is 9.68 Å². The van der Waals surface area contributed by atoms with E-state index in [-0.39, 0.29) is 5.69 Å². The van der Waals surface area contributed by atoms with Crippen LogP contribution < -0.4 is 4.74 Å². The van der Waals surface area contributed by atoms with Crippen LogP contribution in [0.1, 0.15) is 24.7 Å². The van der Waals surface area contributed by atoms with E-state index in [1.807, 2.05) is 19.9 Å². The third kappa shape index (κ3) is 3.12. The van der Waals surface area contributed by atoms with Crippen LogP contribution in [0, 0.1) is 6.92 Å². The quantitative estimate of drug-likeness (QED) is 0.832. The molecule has 0 aliphatic rings. The van der Waals surface area contributed by atoms with Crippen LogP contribution in [0.3, 0.4) is 0 Å². The maximum atomic E-state index is 12.5. The minimum absolute atomic E-state index is 0.118. The molecule has 108 valence electrons. The highest BCUT2D eigenvalue weighted by Crippen LogP contribution is 2.35. The third-order valence-electron chi connectivity index (χ3n) is 2.66. The molecule has 2 aromatic rings. The van der Waals surface area contributed by atoms with Gasteiger partial charge in [0, 0.05) is 11.6 Å². The molecule has 0 aliphatic carbocycles.